The number of rotatable bonds is 6. The zero-order chi connectivity index (χ0) is 19.2. The second-order valence-electron chi connectivity index (χ2n) is 5.26. The molecule has 1 amide bonds. The Morgan fingerprint density at radius 3 is 2.70 bits per heavy atom. The molecule has 3 rings (SSSR count). The van der Waals surface area contributed by atoms with Gasteiger partial charge in [0.15, 0.2) is 0 Å². The number of hydrogen-bond acceptors (Lipinski definition) is 7. The van der Waals surface area contributed by atoms with E-state index in [1.165, 1.54) is 12.1 Å². The van der Waals surface area contributed by atoms with Crippen LogP contribution in [0.4, 0.5) is 10.1 Å². The molecular weight excluding hydrogens is 373 g/mol. The first-order chi connectivity index (χ1) is 13.1. The number of methoxy groups -OCH3 is 1. The van der Waals surface area contributed by atoms with E-state index >= 15 is 0 Å². The van der Waals surface area contributed by atoms with Crippen LogP contribution in [0.1, 0.15) is 10.4 Å². The van der Waals surface area contributed by atoms with Gasteiger partial charge in [-0.25, -0.2) is 9.18 Å². The van der Waals surface area contributed by atoms with Crippen molar-refractivity contribution >= 4 is 29.3 Å². The molecule has 0 aliphatic rings. The number of halogens is 1. The average Bonchev–Trinajstić information content (AvgIpc) is 3.17. The minimum absolute atomic E-state index is 0.00135. The van der Waals surface area contributed by atoms with Gasteiger partial charge in [0.05, 0.1) is 18.4 Å². The van der Waals surface area contributed by atoms with Gasteiger partial charge in [0.1, 0.15) is 5.82 Å². The van der Waals surface area contributed by atoms with E-state index in [1.807, 2.05) is 30.3 Å². The Kier molecular flexibility index (Phi) is 5.82. The smallest absolute Gasteiger partial charge is 0.340 e. The van der Waals surface area contributed by atoms with Gasteiger partial charge in [0, 0.05) is 11.3 Å². The number of thioether (sulfide) groups is 1. The Labute approximate surface area is 157 Å². The summed E-state index contributed by atoms with van der Waals surface area (Å²) in [6.45, 7) is 0. The third-order valence-electron chi connectivity index (χ3n) is 3.41. The molecule has 0 fully saturated rings. The van der Waals surface area contributed by atoms with Gasteiger partial charge < -0.3 is 14.5 Å². The van der Waals surface area contributed by atoms with Crippen molar-refractivity contribution in [2.75, 3.05) is 18.2 Å². The van der Waals surface area contributed by atoms with Crippen LogP contribution in [0.2, 0.25) is 0 Å². The van der Waals surface area contributed by atoms with Crippen LogP contribution in [-0.4, -0.2) is 34.9 Å². The Bertz CT molecular complexity index is 962. The van der Waals surface area contributed by atoms with Crippen LogP contribution >= 0.6 is 11.8 Å². The van der Waals surface area contributed by atoms with Crippen LogP contribution in [0.15, 0.2) is 58.2 Å². The average molecular weight is 387 g/mol. The number of esters is 1. The molecular formula is C18H14FN3O4S. The largest absolute Gasteiger partial charge is 0.465 e. The summed E-state index contributed by atoms with van der Waals surface area (Å²) in [4.78, 5) is 23.6. The lowest BCUT2D eigenvalue weighted by Crippen LogP contribution is -2.15. The number of aromatic nitrogens is 2. The van der Waals surface area contributed by atoms with Crippen LogP contribution in [0.25, 0.3) is 11.5 Å². The SMILES string of the molecule is COC(=O)c1cc(NC(=O)CSc2nnc(-c3ccccc3)o2)ccc1F. The minimum atomic E-state index is -0.822. The summed E-state index contributed by atoms with van der Waals surface area (Å²) in [5, 5.41) is 10.6. The van der Waals surface area contributed by atoms with E-state index in [-0.39, 0.29) is 28.1 Å². The minimum Gasteiger partial charge on any atom is -0.465 e. The van der Waals surface area contributed by atoms with Crippen molar-refractivity contribution in [1.29, 1.82) is 0 Å². The van der Waals surface area contributed by atoms with E-state index in [9.17, 15) is 14.0 Å². The van der Waals surface area contributed by atoms with Crippen molar-refractivity contribution in [3.63, 3.8) is 0 Å². The van der Waals surface area contributed by atoms with Crippen LogP contribution < -0.4 is 5.32 Å². The van der Waals surface area contributed by atoms with E-state index in [0.717, 1.165) is 30.5 Å². The van der Waals surface area contributed by atoms with Gasteiger partial charge >= 0.3 is 5.97 Å². The van der Waals surface area contributed by atoms with Crippen molar-refractivity contribution in [2.45, 2.75) is 5.22 Å². The maximum Gasteiger partial charge on any atom is 0.340 e. The number of hydrogen-bond donors (Lipinski definition) is 1. The molecule has 1 aromatic heterocycles. The molecule has 1 N–H and O–H groups in total. The standard InChI is InChI=1S/C18H14FN3O4S/c1-25-17(24)13-9-12(7-8-14(13)19)20-15(23)10-27-18-22-21-16(26-18)11-5-3-2-4-6-11/h2-9H,10H2,1H3,(H,20,23). The highest BCUT2D eigenvalue weighted by molar-refractivity contribution is 7.99. The molecule has 1 heterocycles. The van der Waals surface area contributed by atoms with Crippen molar-refractivity contribution in [3.8, 4) is 11.5 Å². The number of benzene rings is 2. The molecule has 3 aromatic rings. The van der Waals surface area contributed by atoms with Crippen LogP contribution in [0.5, 0.6) is 0 Å². The van der Waals surface area contributed by atoms with Crippen molar-refractivity contribution < 1.29 is 23.1 Å². The van der Waals surface area contributed by atoms with E-state index in [4.69, 9.17) is 4.42 Å². The maximum atomic E-state index is 13.6. The van der Waals surface area contributed by atoms with Gasteiger partial charge in [-0.1, -0.05) is 30.0 Å². The van der Waals surface area contributed by atoms with Crippen LogP contribution in [0, 0.1) is 5.82 Å². The number of nitrogens with one attached hydrogen (secondary N) is 1. The number of ether oxygens (including phenoxy) is 1. The highest BCUT2D eigenvalue weighted by Gasteiger charge is 2.15. The van der Waals surface area contributed by atoms with Gasteiger partial charge in [-0.15, -0.1) is 10.2 Å². The molecule has 9 heteroatoms. The topological polar surface area (TPSA) is 94.3 Å². The summed E-state index contributed by atoms with van der Waals surface area (Å²) in [6, 6.07) is 12.9. The third kappa shape index (κ3) is 4.70. The first-order valence-electron chi connectivity index (χ1n) is 7.76. The summed E-state index contributed by atoms with van der Waals surface area (Å²) in [5.41, 5.74) is 0.799. The number of amides is 1. The Hall–Kier alpha value is -3.20. The number of carbonyl (C=O) groups excluding carboxylic acids is 2. The molecule has 0 saturated carbocycles. The number of nitrogens with zero attached hydrogens (tertiary/aromatic N) is 2. The van der Waals surface area contributed by atoms with Gasteiger partial charge in [-0.05, 0) is 30.3 Å². The van der Waals surface area contributed by atoms with E-state index in [1.54, 1.807) is 0 Å². The van der Waals surface area contributed by atoms with Crippen molar-refractivity contribution in [1.82, 2.24) is 10.2 Å². The number of carbonyl (C=O) groups is 2. The van der Waals surface area contributed by atoms with Gasteiger partial charge in [-0.2, -0.15) is 0 Å². The molecule has 138 valence electrons. The van der Waals surface area contributed by atoms with Crippen molar-refractivity contribution in [3.05, 3.63) is 59.9 Å². The molecule has 0 atom stereocenters. The van der Waals surface area contributed by atoms with E-state index < -0.39 is 11.8 Å². The molecule has 0 unspecified atom stereocenters. The molecule has 0 bridgehead atoms. The van der Waals surface area contributed by atoms with Crippen LogP contribution in [0.3, 0.4) is 0 Å². The fourth-order valence-corrected chi connectivity index (χ4v) is 2.72. The van der Waals surface area contributed by atoms with E-state index in [0.29, 0.717) is 5.89 Å². The first kappa shape index (κ1) is 18.6. The lowest BCUT2D eigenvalue weighted by atomic mass is 10.2. The second-order valence-corrected chi connectivity index (χ2v) is 6.19. The molecule has 27 heavy (non-hydrogen) atoms. The summed E-state index contributed by atoms with van der Waals surface area (Å²) in [5.74, 6) is -1.56. The zero-order valence-corrected chi connectivity index (χ0v) is 15.0. The molecule has 2 aromatic carbocycles. The molecule has 0 spiro atoms. The summed E-state index contributed by atoms with van der Waals surface area (Å²) < 4.78 is 23.6. The van der Waals surface area contributed by atoms with E-state index in [2.05, 4.69) is 20.3 Å². The lowest BCUT2D eigenvalue weighted by Gasteiger charge is -2.07. The Morgan fingerprint density at radius 1 is 1.19 bits per heavy atom. The highest BCUT2D eigenvalue weighted by atomic mass is 32.2. The summed E-state index contributed by atoms with van der Waals surface area (Å²) >= 11 is 1.06. The van der Waals surface area contributed by atoms with Crippen LogP contribution in [-0.2, 0) is 9.53 Å². The maximum absolute atomic E-state index is 13.6. The molecule has 7 nitrogen and oxygen atoms in total. The molecule has 0 radical (unpaired) electrons. The lowest BCUT2D eigenvalue weighted by molar-refractivity contribution is -0.113. The van der Waals surface area contributed by atoms with Gasteiger partial charge in [0.25, 0.3) is 5.22 Å². The quantitative estimate of drug-likeness (QED) is 0.512. The van der Waals surface area contributed by atoms with Gasteiger partial charge in [0.2, 0.25) is 11.8 Å². The summed E-state index contributed by atoms with van der Waals surface area (Å²) in [7, 11) is 1.15. The fourth-order valence-electron chi connectivity index (χ4n) is 2.16. The van der Waals surface area contributed by atoms with Gasteiger partial charge in [-0.3, -0.25) is 4.79 Å². The van der Waals surface area contributed by atoms with Crippen molar-refractivity contribution in [2.24, 2.45) is 0 Å². The highest BCUT2D eigenvalue weighted by Crippen LogP contribution is 2.23. The normalized spacial score (nSPS) is 10.4. The monoisotopic (exact) mass is 387 g/mol. The zero-order valence-electron chi connectivity index (χ0n) is 14.1. The Morgan fingerprint density at radius 2 is 1.96 bits per heavy atom. The first-order valence-corrected chi connectivity index (χ1v) is 8.75. The third-order valence-corrected chi connectivity index (χ3v) is 4.23. The molecule has 0 saturated heterocycles. The molecule has 0 aliphatic carbocycles. The predicted octanol–water partition coefficient (Wildman–Crippen LogP) is 3.39. The predicted molar refractivity (Wildman–Crippen MR) is 96.8 cm³/mol. The number of anilines is 1. The summed E-state index contributed by atoms with van der Waals surface area (Å²) in [6.07, 6.45) is 0. The fraction of sp³-hybridized carbons (Fsp3) is 0.111. The molecule has 0 aliphatic heterocycles. The Balaban J connectivity index is 1.59. The second kappa shape index (κ2) is 8.45.